The molecule has 0 saturated carbocycles. The second kappa shape index (κ2) is 6.26. The van der Waals surface area contributed by atoms with E-state index >= 15 is 0 Å². The van der Waals surface area contributed by atoms with Gasteiger partial charge in [-0.3, -0.25) is 9.59 Å². The Bertz CT molecular complexity index is 340. The maximum atomic E-state index is 11.7. The van der Waals surface area contributed by atoms with Gasteiger partial charge in [-0.25, -0.2) is 0 Å². The van der Waals surface area contributed by atoms with E-state index < -0.39 is 0 Å². The third-order valence-corrected chi connectivity index (χ3v) is 2.68. The molecule has 0 bridgehead atoms. The number of unbranched alkanes of at least 4 members (excludes halogenated alkanes) is 2. The fourth-order valence-corrected chi connectivity index (χ4v) is 1.54. The Morgan fingerprint density at radius 1 is 1.38 bits per heavy atom. The van der Waals surface area contributed by atoms with Crippen LogP contribution in [0.15, 0.2) is 23.3 Å². The van der Waals surface area contributed by atoms with E-state index in [4.69, 9.17) is 0 Å². The molecule has 1 amide bonds. The lowest BCUT2D eigenvalue weighted by Gasteiger charge is -2.11. The highest BCUT2D eigenvalue weighted by Crippen LogP contribution is 2.14. The van der Waals surface area contributed by atoms with Crippen molar-refractivity contribution in [2.24, 2.45) is 0 Å². The van der Waals surface area contributed by atoms with E-state index in [2.05, 4.69) is 12.2 Å². The topological polar surface area (TPSA) is 46.2 Å². The number of Topliss-reactive ketones (excluding diaryl/α,β-unsaturated/α-hetero) is 1. The molecule has 0 saturated heterocycles. The van der Waals surface area contributed by atoms with E-state index in [9.17, 15) is 9.59 Å². The smallest absolute Gasteiger partial charge is 0.247 e. The molecule has 3 nitrogen and oxygen atoms in total. The van der Waals surface area contributed by atoms with Gasteiger partial charge < -0.3 is 5.32 Å². The summed E-state index contributed by atoms with van der Waals surface area (Å²) in [6, 6.07) is 0. The Labute approximate surface area is 96.6 Å². The largest absolute Gasteiger partial charge is 0.352 e. The highest BCUT2D eigenvalue weighted by molar-refractivity contribution is 6.06. The van der Waals surface area contributed by atoms with Gasteiger partial charge in [-0.15, -0.1) is 0 Å². The van der Waals surface area contributed by atoms with E-state index in [1.165, 1.54) is 0 Å². The minimum absolute atomic E-state index is 0.0428. The molecule has 1 rings (SSSR count). The molecule has 0 aliphatic heterocycles. The quantitative estimate of drug-likeness (QED) is 0.723. The van der Waals surface area contributed by atoms with Crippen LogP contribution in [0.4, 0.5) is 0 Å². The molecule has 0 radical (unpaired) electrons. The average Bonchev–Trinajstić information content (AvgIpc) is 2.28. The highest BCUT2D eigenvalue weighted by atomic mass is 16.2. The standard InChI is InChI=1S/C13H19NO2/c1-3-4-5-8-14-13(16)11-7-6-10(2)12(15)9-11/h6-7H,3-5,8-9H2,1-2H3,(H,14,16). The van der Waals surface area contributed by atoms with Crippen molar-refractivity contribution in [3.8, 4) is 0 Å². The summed E-state index contributed by atoms with van der Waals surface area (Å²) in [4.78, 5) is 23.0. The summed E-state index contributed by atoms with van der Waals surface area (Å²) >= 11 is 0. The minimum atomic E-state index is -0.104. The number of amides is 1. The van der Waals surface area contributed by atoms with E-state index in [1.807, 2.05) is 0 Å². The Morgan fingerprint density at radius 3 is 2.75 bits per heavy atom. The van der Waals surface area contributed by atoms with Crippen LogP contribution in [0.3, 0.4) is 0 Å². The molecule has 88 valence electrons. The van der Waals surface area contributed by atoms with Crippen molar-refractivity contribution in [3.05, 3.63) is 23.3 Å². The number of hydrogen-bond acceptors (Lipinski definition) is 2. The second-order valence-corrected chi connectivity index (χ2v) is 4.10. The van der Waals surface area contributed by atoms with Crippen LogP contribution in [0, 0.1) is 0 Å². The maximum absolute atomic E-state index is 11.7. The number of ketones is 1. The number of nitrogens with one attached hydrogen (secondary N) is 1. The fourth-order valence-electron chi connectivity index (χ4n) is 1.54. The van der Waals surface area contributed by atoms with Crippen molar-refractivity contribution in [1.29, 1.82) is 0 Å². The Morgan fingerprint density at radius 2 is 2.12 bits per heavy atom. The predicted molar refractivity (Wildman–Crippen MR) is 64.0 cm³/mol. The Balaban J connectivity index is 2.40. The number of carbonyl (C=O) groups excluding carboxylic acids is 2. The average molecular weight is 221 g/mol. The first kappa shape index (κ1) is 12.7. The zero-order chi connectivity index (χ0) is 12.0. The van der Waals surface area contributed by atoms with Crippen LogP contribution in [-0.2, 0) is 9.59 Å². The zero-order valence-electron chi connectivity index (χ0n) is 10.0. The minimum Gasteiger partial charge on any atom is -0.352 e. The Hall–Kier alpha value is -1.38. The van der Waals surface area contributed by atoms with Gasteiger partial charge in [0, 0.05) is 18.5 Å². The van der Waals surface area contributed by atoms with Gasteiger partial charge in [0.1, 0.15) is 0 Å². The fraction of sp³-hybridized carbons (Fsp3) is 0.538. The lowest BCUT2D eigenvalue weighted by Crippen LogP contribution is -2.27. The van der Waals surface area contributed by atoms with Crippen LogP contribution in [0.1, 0.15) is 39.5 Å². The number of allylic oxidation sites excluding steroid dienone is 3. The normalized spacial score (nSPS) is 15.5. The summed E-state index contributed by atoms with van der Waals surface area (Å²) in [6.45, 7) is 4.59. The third-order valence-electron chi connectivity index (χ3n) is 2.68. The van der Waals surface area contributed by atoms with Crippen molar-refractivity contribution in [1.82, 2.24) is 5.32 Å². The summed E-state index contributed by atoms with van der Waals surface area (Å²) in [5.41, 5.74) is 1.30. The van der Waals surface area contributed by atoms with E-state index in [-0.39, 0.29) is 18.1 Å². The summed E-state index contributed by atoms with van der Waals surface area (Å²) in [7, 11) is 0. The van der Waals surface area contributed by atoms with Gasteiger partial charge in [0.25, 0.3) is 0 Å². The van der Waals surface area contributed by atoms with Crippen LogP contribution in [-0.4, -0.2) is 18.2 Å². The number of hydrogen-bond donors (Lipinski definition) is 1. The highest BCUT2D eigenvalue weighted by Gasteiger charge is 2.17. The molecule has 16 heavy (non-hydrogen) atoms. The third kappa shape index (κ3) is 3.65. The molecule has 0 heterocycles. The molecule has 0 aromatic rings. The van der Waals surface area contributed by atoms with Gasteiger partial charge in [-0.05, 0) is 18.9 Å². The van der Waals surface area contributed by atoms with Crippen LogP contribution >= 0.6 is 0 Å². The van der Waals surface area contributed by atoms with Gasteiger partial charge in [0.05, 0.1) is 0 Å². The summed E-state index contributed by atoms with van der Waals surface area (Å²) < 4.78 is 0. The molecule has 1 aliphatic rings. The van der Waals surface area contributed by atoms with Crippen LogP contribution in [0.25, 0.3) is 0 Å². The second-order valence-electron chi connectivity index (χ2n) is 4.10. The first-order valence-corrected chi connectivity index (χ1v) is 5.84. The van der Waals surface area contributed by atoms with Gasteiger partial charge in [0.15, 0.2) is 5.78 Å². The molecule has 0 atom stereocenters. The molecule has 0 unspecified atom stereocenters. The van der Waals surface area contributed by atoms with Crippen molar-refractivity contribution >= 4 is 11.7 Å². The molecule has 0 fully saturated rings. The molecular weight excluding hydrogens is 202 g/mol. The zero-order valence-corrected chi connectivity index (χ0v) is 10.0. The number of rotatable bonds is 5. The lowest BCUT2D eigenvalue weighted by atomic mass is 9.97. The predicted octanol–water partition coefficient (Wildman–Crippen LogP) is 2.14. The van der Waals surface area contributed by atoms with Crippen LogP contribution in [0.2, 0.25) is 0 Å². The molecule has 0 aromatic carbocycles. The lowest BCUT2D eigenvalue weighted by molar-refractivity contribution is -0.120. The van der Waals surface area contributed by atoms with Crippen molar-refractivity contribution in [3.63, 3.8) is 0 Å². The van der Waals surface area contributed by atoms with Crippen molar-refractivity contribution < 1.29 is 9.59 Å². The van der Waals surface area contributed by atoms with Crippen LogP contribution in [0.5, 0.6) is 0 Å². The van der Waals surface area contributed by atoms with E-state index in [1.54, 1.807) is 19.1 Å². The van der Waals surface area contributed by atoms with Crippen molar-refractivity contribution in [2.45, 2.75) is 39.5 Å². The first-order valence-electron chi connectivity index (χ1n) is 5.84. The van der Waals surface area contributed by atoms with Gasteiger partial charge in [-0.1, -0.05) is 31.9 Å². The molecular formula is C13H19NO2. The Kier molecular flexibility index (Phi) is 4.96. The summed E-state index contributed by atoms with van der Waals surface area (Å²) in [5.74, 6) is -0.0607. The van der Waals surface area contributed by atoms with E-state index in [0.29, 0.717) is 12.1 Å². The number of carbonyl (C=O) groups is 2. The van der Waals surface area contributed by atoms with Gasteiger partial charge in [-0.2, -0.15) is 0 Å². The maximum Gasteiger partial charge on any atom is 0.247 e. The molecule has 1 aliphatic carbocycles. The van der Waals surface area contributed by atoms with Gasteiger partial charge >= 0.3 is 0 Å². The monoisotopic (exact) mass is 221 g/mol. The van der Waals surface area contributed by atoms with Crippen molar-refractivity contribution in [2.75, 3.05) is 6.54 Å². The summed E-state index contributed by atoms with van der Waals surface area (Å²) in [6.07, 6.45) is 6.95. The van der Waals surface area contributed by atoms with Crippen LogP contribution < -0.4 is 5.32 Å². The van der Waals surface area contributed by atoms with Gasteiger partial charge in [0.2, 0.25) is 5.91 Å². The first-order chi connectivity index (χ1) is 7.65. The summed E-state index contributed by atoms with van der Waals surface area (Å²) in [5, 5.41) is 2.83. The van der Waals surface area contributed by atoms with E-state index in [0.717, 1.165) is 24.8 Å². The molecule has 0 aromatic heterocycles. The molecule has 3 heteroatoms. The SMILES string of the molecule is CCCCCNC(=O)C1=CC=C(C)C(=O)C1. The molecule has 0 spiro atoms. The molecule has 1 N–H and O–H groups in total.